The highest BCUT2D eigenvalue weighted by atomic mass is 16.5. The highest BCUT2D eigenvalue weighted by Gasteiger charge is 2.27. The Balaban J connectivity index is 1.53. The lowest BCUT2D eigenvalue weighted by atomic mass is 9.86. The Kier molecular flexibility index (Phi) is 5.29. The standard InChI is InChI=1S/C19H28N2O3/c1-13-6-5-8-14-10-16(12-24-18(13)14)20-19(23)21(2)11-15-7-3-4-9-17(15)22/h5-6,8,15-17,22H,3-4,7,9-12H2,1-2H3,(H,20,23). The van der Waals surface area contributed by atoms with Crippen LogP contribution < -0.4 is 10.1 Å². The molecule has 3 rings (SSSR count). The van der Waals surface area contributed by atoms with Crippen molar-refractivity contribution in [2.24, 2.45) is 5.92 Å². The lowest BCUT2D eigenvalue weighted by molar-refractivity contribution is 0.0560. The molecular weight excluding hydrogens is 304 g/mol. The molecule has 0 aromatic heterocycles. The molecule has 2 amide bonds. The molecule has 1 fully saturated rings. The van der Waals surface area contributed by atoms with Crippen molar-refractivity contribution in [3.05, 3.63) is 29.3 Å². The molecule has 1 aliphatic carbocycles. The van der Waals surface area contributed by atoms with Gasteiger partial charge in [-0.15, -0.1) is 0 Å². The van der Waals surface area contributed by atoms with E-state index >= 15 is 0 Å². The van der Waals surface area contributed by atoms with E-state index in [1.54, 1.807) is 11.9 Å². The summed E-state index contributed by atoms with van der Waals surface area (Å²) in [6.45, 7) is 3.15. The zero-order valence-corrected chi connectivity index (χ0v) is 14.6. The van der Waals surface area contributed by atoms with Gasteiger partial charge in [0.2, 0.25) is 0 Å². The van der Waals surface area contributed by atoms with Crippen LogP contribution in [-0.2, 0) is 6.42 Å². The number of aliphatic hydroxyl groups excluding tert-OH is 1. The molecule has 1 saturated carbocycles. The van der Waals surface area contributed by atoms with E-state index in [9.17, 15) is 9.90 Å². The molecule has 2 N–H and O–H groups in total. The minimum atomic E-state index is -0.276. The molecule has 0 bridgehead atoms. The van der Waals surface area contributed by atoms with Crippen molar-refractivity contribution in [3.63, 3.8) is 0 Å². The zero-order chi connectivity index (χ0) is 17.1. The summed E-state index contributed by atoms with van der Waals surface area (Å²) in [7, 11) is 1.80. The Bertz CT molecular complexity index is 590. The molecule has 0 spiro atoms. The third-order valence-corrected chi connectivity index (χ3v) is 5.24. The number of aliphatic hydroxyl groups is 1. The maximum absolute atomic E-state index is 12.4. The topological polar surface area (TPSA) is 61.8 Å². The SMILES string of the molecule is Cc1cccc2c1OCC(NC(=O)N(C)CC1CCCCC1O)C2. The van der Waals surface area contributed by atoms with Crippen molar-refractivity contribution in [1.29, 1.82) is 0 Å². The lowest BCUT2D eigenvalue weighted by Gasteiger charge is -2.33. The van der Waals surface area contributed by atoms with E-state index in [0.29, 0.717) is 13.2 Å². The highest BCUT2D eigenvalue weighted by molar-refractivity contribution is 5.74. The third kappa shape index (κ3) is 3.83. The third-order valence-electron chi connectivity index (χ3n) is 5.24. The molecule has 1 aliphatic heterocycles. The van der Waals surface area contributed by atoms with Crippen LogP contribution in [0.15, 0.2) is 18.2 Å². The number of ether oxygens (including phenoxy) is 1. The van der Waals surface area contributed by atoms with Gasteiger partial charge in [-0.2, -0.15) is 0 Å². The smallest absolute Gasteiger partial charge is 0.317 e. The van der Waals surface area contributed by atoms with Crippen molar-refractivity contribution in [2.75, 3.05) is 20.2 Å². The van der Waals surface area contributed by atoms with Crippen LogP contribution in [0, 0.1) is 12.8 Å². The summed E-state index contributed by atoms with van der Waals surface area (Å²) in [6.07, 6.45) is 4.60. The lowest BCUT2D eigenvalue weighted by Crippen LogP contribution is -2.49. The Morgan fingerprint density at radius 3 is 2.96 bits per heavy atom. The predicted molar refractivity (Wildman–Crippen MR) is 93.3 cm³/mol. The van der Waals surface area contributed by atoms with Crippen molar-refractivity contribution in [3.8, 4) is 5.75 Å². The molecule has 2 aliphatic rings. The summed E-state index contributed by atoms with van der Waals surface area (Å²) in [5.41, 5.74) is 2.29. The van der Waals surface area contributed by atoms with Gasteiger partial charge in [-0.25, -0.2) is 4.79 Å². The first-order chi connectivity index (χ1) is 11.5. The summed E-state index contributed by atoms with van der Waals surface area (Å²) >= 11 is 0. The van der Waals surface area contributed by atoms with Gasteiger partial charge in [0.25, 0.3) is 0 Å². The van der Waals surface area contributed by atoms with Crippen LogP contribution >= 0.6 is 0 Å². The number of carbonyl (C=O) groups excluding carboxylic acids is 1. The summed E-state index contributed by atoms with van der Waals surface area (Å²) in [4.78, 5) is 14.1. The Hall–Kier alpha value is -1.75. The summed E-state index contributed by atoms with van der Waals surface area (Å²) < 4.78 is 5.84. The fraction of sp³-hybridized carbons (Fsp3) is 0.632. The fourth-order valence-corrected chi connectivity index (χ4v) is 3.80. The van der Waals surface area contributed by atoms with E-state index < -0.39 is 0 Å². The maximum Gasteiger partial charge on any atom is 0.317 e. The molecule has 1 aromatic rings. The van der Waals surface area contributed by atoms with E-state index in [2.05, 4.69) is 11.4 Å². The molecule has 132 valence electrons. The van der Waals surface area contributed by atoms with Gasteiger partial charge in [-0.05, 0) is 37.3 Å². The molecule has 1 aromatic carbocycles. The minimum Gasteiger partial charge on any atom is -0.491 e. The molecule has 3 atom stereocenters. The number of nitrogens with zero attached hydrogens (tertiary/aromatic N) is 1. The molecule has 1 heterocycles. The second kappa shape index (κ2) is 7.43. The highest BCUT2D eigenvalue weighted by Crippen LogP contribution is 2.28. The Morgan fingerprint density at radius 2 is 2.17 bits per heavy atom. The van der Waals surface area contributed by atoms with Crippen LogP contribution in [0.3, 0.4) is 0 Å². The second-order valence-electron chi connectivity index (χ2n) is 7.22. The molecule has 5 nitrogen and oxygen atoms in total. The Morgan fingerprint density at radius 1 is 1.38 bits per heavy atom. The number of rotatable bonds is 3. The number of amides is 2. The predicted octanol–water partition coefficient (Wildman–Crippen LogP) is 2.49. The van der Waals surface area contributed by atoms with Crippen molar-refractivity contribution < 1.29 is 14.6 Å². The van der Waals surface area contributed by atoms with Gasteiger partial charge in [-0.3, -0.25) is 0 Å². The van der Waals surface area contributed by atoms with Crippen molar-refractivity contribution in [2.45, 2.75) is 51.2 Å². The second-order valence-corrected chi connectivity index (χ2v) is 7.22. The van der Waals surface area contributed by atoms with E-state index in [0.717, 1.165) is 49.0 Å². The number of nitrogens with one attached hydrogen (secondary N) is 1. The van der Waals surface area contributed by atoms with Gasteiger partial charge in [-0.1, -0.05) is 31.0 Å². The van der Waals surface area contributed by atoms with E-state index in [4.69, 9.17) is 4.74 Å². The largest absolute Gasteiger partial charge is 0.491 e. The zero-order valence-electron chi connectivity index (χ0n) is 14.6. The number of hydrogen-bond donors (Lipinski definition) is 2. The quantitative estimate of drug-likeness (QED) is 0.894. The molecule has 3 unspecified atom stereocenters. The number of hydrogen-bond acceptors (Lipinski definition) is 3. The molecule has 0 radical (unpaired) electrons. The van der Waals surface area contributed by atoms with Gasteiger partial charge < -0.3 is 20.1 Å². The maximum atomic E-state index is 12.4. The van der Waals surface area contributed by atoms with E-state index in [1.165, 1.54) is 0 Å². The average molecular weight is 332 g/mol. The van der Waals surface area contributed by atoms with Crippen LogP contribution in [0.4, 0.5) is 4.79 Å². The van der Waals surface area contributed by atoms with Crippen molar-refractivity contribution in [1.82, 2.24) is 10.2 Å². The van der Waals surface area contributed by atoms with Crippen molar-refractivity contribution >= 4 is 6.03 Å². The average Bonchev–Trinajstić information content (AvgIpc) is 2.57. The van der Waals surface area contributed by atoms with Gasteiger partial charge in [0.05, 0.1) is 12.1 Å². The van der Waals surface area contributed by atoms with Crippen LogP contribution in [0.25, 0.3) is 0 Å². The van der Waals surface area contributed by atoms with Gasteiger partial charge in [0.15, 0.2) is 0 Å². The van der Waals surface area contributed by atoms with Crippen LogP contribution in [-0.4, -0.2) is 48.4 Å². The minimum absolute atomic E-state index is 0.00877. The number of fused-ring (bicyclic) bond motifs is 1. The van der Waals surface area contributed by atoms with E-state index in [-0.39, 0.29) is 24.1 Å². The number of urea groups is 1. The first-order valence-electron chi connectivity index (χ1n) is 8.95. The van der Waals surface area contributed by atoms with Crippen LogP contribution in [0.1, 0.15) is 36.8 Å². The summed E-state index contributed by atoms with van der Waals surface area (Å²) in [6, 6.07) is 6.03. The molecule has 24 heavy (non-hydrogen) atoms. The van der Waals surface area contributed by atoms with Crippen LogP contribution in [0.2, 0.25) is 0 Å². The number of benzene rings is 1. The van der Waals surface area contributed by atoms with Gasteiger partial charge >= 0.3 is 6.03 Å². The summed E-state index contributed by atoms with van der Waals surface area (Å²) in [5, 5.41) is 13.1. The first-order valence-corrected chi connectivity index (χ1v) is 8.95. The van der Waals surface area contributed by atoms with E-state index in [1.807, 2.05) is 19.1 Å². The van der Waals surface area contributed by atoms with Gasteiger partial charge in [0.1, 0.15) is 12.4 Å². The molecule has 0 saturated heterocycles. The first kappa shape index (κ1) is 17.1. The molecular formula is C19H28N2O3. The number of aryl methyl sites for hydroxylation is 1. The summed E-state index contributed by atoms with van der Waals surface area (Å²) in [5.74, 6) is 1.15. The number of carbonyl (C=O) groups is 1. The number of para-hydroxylation sites is 1. The molecule has 5 heteroatoms. The monoisotopic (exact) mass is 332 g/mol. The van der Waals surface area contributed by atoms with Crippen LogP contribution in [0.5, 0.6) is 5.75 Å². The normalized spacial score (nSPS) is 26.2. The van der Waals surface area contributed by atoms with Gasteiger partial charge in [0, 0.05) is 19.5 Å². The Labute approximate surface area is 144 Å². The fourth-order valence-electron chi connectivity index (χ4n) is 3.80.